The molecule has 4 rings (SSSR count). The summed E-state index contributed by atoms with van der Waals surface area (Å²) in [5.41, 5.74) is 6.99. The van der Waals surface area contributed by atoms with Gasteiger partial charge in [0.2, 0.25) is 5.95 Å². The predicted octanol–water partition coefficient (Wildman–Crippen LogP) is -2.40. The number of benzene rings is 1. The van der Waals surface area contributed by atoms with Gasteiger partial charge < -0.3 is 71.6 Å². The summed E-state index contributed by atoms with van der Waals surface area (Å²) in [6, 6.07) is 5.98. The molecule has 0 radical (unpaired) electrons. The van der Waals surface area contributed by atoms with E-state index in [-0.39, 0.29) is 36.0 Å². The molecule has 3 heterocycles. The van der Waals surface area contributed by atoms with Gasteiger partial charge in [0, 0.05) is 18.5 Å². The molecule has 12 atom stereocenters. The summed E-state index contributed by atoms with van der Waals surface area (Å²) in [5, 5.41) is 86.8. The Bertz CT molecular complexity index is 1760. The topological polar surface area (TPSA) is 378 Å². The molecule has 2 aliphatic heterocycles. The highest BCUT2D eigenvalue weighted by Crippen LogP contribution is 2.46. The molecule has 2 aromatic rings. The maximum absolute atomic E-state index is 12.3. The van der Waals surface area contributed by atoms with Gasteiger partial charge in [0.1, 0.15) is 30.5 Å². The van der Waals surface area contributed by atoms with Crippen molar-refractivity contribution in [3.8, 4) is 0 Å². The molecule has 2 aliphatic rings. The average molecular weight is 791 g/mol. The van der Waals surface area contributed by atoms with Gasteiger partial charge in [-0.3, -0.25) is 23.6 Å². The molecule has 1 saturated heterocycles. The number of anilines is 3. The summed E-state index contributed by atoms with van der Waals surface area (Å²) < 4.78 is 31.6. The van der Waals surface area contributed by atoms with Gasteiger partial charge in [0.05, 0.1) is 30.5 Å². The molecule has 23 nitrogen and oxygen atoms in total. The summed E-state index contributed by atoms with van der Waals surface area (Å²) in [6.45, 7) is 2.69. The number of carboxylic acids is 2. The molecule has 54 heavy (non-hydrogen) atoms. The molecule has 14 N–H and O–H groups in total. The molecule has 1 aromatic heterocycles. The standard InChI is InChI=1S/C30H43N6O17P/c1-11(19-12(2)33-25-20(34-19)26(44)36-30(31)35-25)32-14-5-3-13(4-6-14)9-15(37)21(40)23(42)28(47)52-29-24(43)22(41)17(51-29)10-50-54(48,49)53-16(27(45)46)7-8-18(38)39/h3-6,11-12,15-17,21-24,28-29,32,37,40-43,47H,7-10H2,1-2H3,(H,38,39)(H,45,46)(H,48,49)(H4,31,33,35,36,44). The highest BCUT2D eigenvalue weighted by Gasteiger charge is 2.47. The number of aliphatic hydroxyl groups is 6. The Morgan fingerprint density at radius 2 is 1.76 bits per heavy atom. The number of hydrogen-bond acceptors (Lipinski definition) is 19. The van der Waals surface area contributed by atoms with Crippen molar-refractivity contribution in [2.24, 2.45) is 4.99 Å². The zero-order valence-corrected chi connectivity index (χ0v) is 29.6. The monoisotopic (exact) mass is 790 g/mol. The lowest BCUT2D eigenvalue weighted by Crippen LogP contribution is -2.48. The van der Waals surface area contributed by atoms with Gasteiger partial charge in [-0.15, -0.1) is 0 Å². The van der Waals surface area contributed by atoms with E-state index in [0.29, 0.717) is 17.0 Å². The van der Waals surface area contributed by atoms with Crippen molar-refractivity contribution in [1.29, 1.82) is 0 Å². The first-order valence-corrected chi connectivity index (χ1v) is 17.9. The number of aliphatic carboxylic acids is 2. The molecule has 0 aliphatic carbocycles. The minimum absolute atomic E-state index is 0.0425. The number of phosphoric acid groups is 1. The Morgan fingerprint density at radius 3 is 2.39 bits per heavy atom. The van der Waals surface area contributed by atoms with E-state index in [1.165, 1.54) is 0 Å². The van der Waals surface area contributed by atoms with Crippen LogP contribution in [0.5, 0.6) is 0 Å². The molecule has 1 aromatic carbocycles. The van der Waals surface area contributed by atoms with Gasteiger partial charge in [-0.05, 0) is 38.0 Å². The fourth-order valence-electron chi connectivity index (χ4n) is 5.50. The zero-order valence-electron chi connectivity index (χ0n) is 28.7. The SMILES string of the molecule is CC(Nc1ccc(CC(O)C(O)C(O)C(O)OC2OC(COP(=O)(O)OC(CCC(=O)O)C(=O)O)C(O)C2O)cc1)C1=Nc2c(nc(N)[nH]c2=O)NC1C. The number of aliphatic hydroxyl groups excluding tert-OH is 6. The van der Waals surface area contributed by atoms with Crippen molar-refractivity contribution in [2.75, 3.05) is 23.0 Å². The van der Waals surface area contributed by atoms with E-state index < -0.39 is 100 Å². The van der Waals surface area contributed by atoms with Crippen molar-refractivity contribution in [2.45, 2.75) is 101 Å². The number of carboxylic acid groups (broad SMARTS) is 2. The number of nitrogens with one attached hydrogen (secondary N) is 3. The van der Waals surface area contributed by atoms with Crippen molar-refractivity contribution in [1.82, 2.24) is 9.97 Å². The number of carbonyl (C=O) groups is 2. The number of nitrogens with two attached hydrogens (primary N) is 1. The van der Waals surface area contributed by atoms with Gasteiger partial charge >= 0.3 is 19.8 Å². The number of rotatable bonds is 19. The Kier molecular flexibility index (Phi) is 14.2. The molecule has 1 fully saturated rings. The van der Waals surface area contributed by atoms with E-state index >= 15 is 0 Å². The number of fused-ring (bicyclic) bond motifs is 1. The van der Waals surface area contributed by atoms with E-state index in [1.54, 1.807) is 24.3 Å². The van der Waals surface area contributed by atoms with E-state index in [4.69, 9.17) is 25.4 Å². The molecular formula is C30H43N6O17P. The minimum atomic E-state index is -5.17. The fraction of sp³-hybridized carbons (Fsp3) is 0.567. The fourth-order valence-corrected chi connectivity index (χ4v) is 6.42. The largest absolute Gasteiger partial charge is 0.481 e. The van der Waals surface area contributed by atoms with Crippen molar-refractivity contribution < 1.29 is 78.4 Å². The third-order valence-corrected chi connectivity index (χ3v) is 9.36. The first kappa shape index (κ1) is 42.6. The number of hydrogen-bond donors (Lipinski definition) is 13. The lowest BCUT2D eigenvalue weighted by molar-refractivity contribution is -0.281. The van der Waals surface area contributed by atoms with Gasteiger partial charge in [-0.2, -0.15) is 4.98 Å². The number of H-pyrrole nitrogens is 1. The molecular weight excluding hydrogens is 747 g/mol. The van der Waals surface area contributed by atoms with Gasteiger partial charge in [-0.25, -0.2) is 14.4 Å². The Morgan fingerprint density at radius 1 is 1.09 bits per heavy atom. The second-order valence-corrected chi connectivity index (χ2v) is 14.0. The van der Waals surface area contributed by atoms with Crippen LogP contribution in [0.4, 0.5) is 23.1 Å². The Balaban J connectivity index is 1.26. The van der Waals surface area contributed by atoms with E-state index in [1.807, 2.05) is 13.8 Å². The van der Waals surface area contributed by atoms with E-state index in [2.05, 4.69) is 34.6 Å². The average Bonchev–Trinajstić information content (AvgIpc) is 3.36. The number of nitrogens with zero attached hydrogens (tertiary/aromatic N) is 2. The van der Waals surface area contributed by atoms with Gasteiger partial charge in [0.15, 0.2) is 30.2 Å². The minimum Gasteiger partial charge on any atom is -0.481 e. The number of aromatic amines is 1. The highest BCUT2D eigenvalue weighted by atomic mass is 31.2. The number of aromatic nitrogens is 2. The molecule has 300 valence electrons. The van der Waals surface area contributed by atoms with Crippen LogP contribution in [0.3, 0.4) is 0 Å². The third kappa shape index (κ3) is 11.0. The first-order chi connectivity index (χ1) is 25.3. The number of aliphatic imine (C=N–C) groups is 1. The Labute approximate surface area is 305 Å². The molecule has 0 amide bonds. The van der Waals surface area contributed by atoms with Crippen LogP contribution >= 0.6 is 7.82 Å². The molecule has 0 spiro atoms. The Hall–Kier alpha value is -4.10. The summed E-state index contributed by atoms with van der Waals surface area (Å²) in [6.07, 6.45) is -19.1. The second-order valence-electron chi connectivity index (χ2n) is 12.5. The molecule has 12 unspecified atom stereocenters. The van der Waals surface area contributed by atoms with Crippen LogP contribution in [0.2, 0.25) is 0 Å². The summed E-state index contributed by atoms with van der Waals surface area (Å²) >= 11 is 0. The first-order valence-electron chi connectivity index (χ1n) is 16.4. The van der Waals surface area contributed by atoms with Gasteiger partial charge in [-0.1, -0.05) is 12.1 Å². The van der Waals surface area contributed by atoms with Crippen molar-refractivity contribution >= 4 is 48.6 Å². The summed E-state index contributed by atoms with van der Waals surface area (Å²) in [7, 11) is -5.17. The lowest BCUT2D eigenvalue weighted by atomic mass is 9.99. The maximum atomic E-state index is 12.3. The van der Waals surface area contributed by atoms with Crippen LogP contribution < -0.4 is 21.9 Å². The zero-order chi connectivity index (χ0) is 40.1. The molecule has 24 heteroatoms. The summed E-state index contributed by atoms with van der Waals surface area (Å²) in [5.74, 6) is -2.91. The van der Waals surface area contributed by atoms with Crippen LogP contribution in [0.25, 0.3) is 0 Å². The van der Waals surface area contributed by atoms with Crippen molar-refractivity contribution in [3.63, 3.8) is 0 Å². The van der Waals surface area contributed by atoms with Crippen LogP contribution in [0.1, 0.15) is 32.3 Å². The van der Waals surface area contributed by atoms with Gasteiger partial charge in [0.25, 0.3) is 5.56 Å². The van der Waals surface area contributed by atoms with Crippen molar-refractivity contribution in [3.05, 3.63) is 40.2 Å². The normalized spacial score (nSPS) is 25.5. The number of ether oxygens (including phenoxy) is 2. The van der Waals surface area contributed by atoms with E-state index in [0.717, 1.165) is 0 Å². The molecule has 0 bridgehead atoms. The third-order valence-electron chi connectivity index (χ3n) is 8.36. The second kappa shape index (κ2) is 18.0. The van der Waals surface area contributed by atoms with Crippen LogP contribution in [-0.4, -0.2) is 147 Å². The number of phosphoric ester groups is 1. The number of nitrogen functional groups attached to an aromatic ring is 1. The highest BCUT2D eigenvalue weighted by molar-refractivity contribution is 7.47. The summed E-state index contributed by atoms with van der Waals surface area (Å²) in [4.78, 5) is 55.1. The maximum Gasteiger partial charge on any atom is 0.473 e. The quantitative estimate of drug-likeness (QED) is 0.0521. The van der Waals surface area contributed by atoms with Crippen LogP contribution in [-0.2, 0) is 39.1 Å². The molecule has 0 saturated carbocycles. The smallest absolute Gasteiger partial charge is 0.473 e. The van der Waals surface area contributed by atoms with Crippen LogP contribution in [0, 0.1) is 0 Å². The predicted molar refractivity (Wildman–Crippen MR) is 184 cm³/mol. The van der Waals surface area contributed by atoms with Crippen LogP contribution in [0.15, 0.2) is 34.1 Å². The van der Waals surface area contributed by atoms with E-state index in [9.17, 15) is 54.5 Å². The lowest BCUT2D eigenvalue weighted by Gasteiger charge is -2.29.